The fraction of sp³-hybridized carbons (Fsp3) is 0.150. The van der Waals surface area contributed by atoms with Crippen LogP contribution in [0, 0.1) is 6.92 Å². The summed E-state index contributed by atoms with van der Waals surface area (Å²) in [6.07, 6.45) is 1.78. The molecule has 1 amide bonds. The van der Waals surface area contributed by atoms with E-state index in [-0.39, 0.29) is 11.7 Å². The van der Waals surface area contributed by atoms with Gasteiger partial charge in [-0.05, 0) is 31.2 Å². The largest absolute Gasteiger partial charge is 0.324 e. The predicted molar refractivity (Wildman–Crippen MR) is 116 cm³/mol. The molecule has 1 aromatic heterocycles. The van der Waals surface area contributed by atoms with Crippen molar-refractivity contribution in [2.75, 3.05) is 11.1 Å². The highest BCUT2D eigenvalue weighted by atomic mass is 35.5. The maximum atomic E-state index is 12.3. The second-order valence-corrected chi connectivity index (χ2v) is 7.82. The van der Waals surface area contributed by atoms with E-state index >= 15 is 0 Å². The summed E-state index contributed by atoms with van der Waals surface area (Å²) in [6, 6.07) is 13.0. The Morgan fingerprint density at radius 3 is 2.79 bits per heavy atom. The third-order valence-corrected chi connectivity index (χ3v) is 5.36. The number of nitrogens with one attached hydrogen (secondary N) is 1. The number of rotatable bonds is 7. The Morgan fingerprint density at radius 2 is 2.07 bits per heavy atom. The highest BCUT2D eigenvalue weighted by Gasteiger charge is 2.15. The van der Waals surface area contributed by atoms with Crippen LogP contribution < -0.4 is 5.32 Å². The van der Waals surface area contributed by atoms with Crippen LogP contribution in [0.4, 0.5) is 5.69 Å². The molecular weight excluding hydrogens is 415 g/mol. The lowest BCUT2D eigenvalue weighted by molar-refractivity contribution is -0.113. The molecule has 0 radical (unpaired) electrons. The van der Waals surface area contributed by atoms with Gasteiger partial charge in [0, 0.05) is 17.1 Å². The highest BCUT2D eigenvalue weighted by Crippen LogP contribution is 2.27. The van der Waals surface area contributed by atoms with Crippen LogP contribution in [0.5, 0.6) is 0 Å². The maximum Gasteiger partial charge on any atom is 0.234 e. The van der Waals surface area contributed by atoms with Crippen LogP contribution in [0.25, 0.3) is 11.4 Å². The number of aromatic nitrogens is 3. The second kappa shape index (κ2) is 9.28. The number of anilines is 1. The van der Waals surface area contributed by atoms with E-state index < -0.39 is 0 Å². The number of allylic oxidation sites excluding steroid dienone is 1. The van der Waals surface area contributed by atoms with Crippen molar-refractivity contribution in [2.24, 2.45) is 0 Å². The number of aryl methyl sites for hydroxylation is 1. The molecule has 0 bridgehead atoms. The molecule has 0 fully saturated rings. The summed E-state index contributed by atoms with van der Waals surface area (Å²) >= 11 is 13.3. The predicted octanol–water partition coefficient (Wildman–Crippen LogP) is 5.48. The summed E-state index contributed by atoms with van der Waals surface area (Å²) < 4.78 is 1.94. The van der Waals surface area contributed by atoms with Crippen molar-refractivity contribution in [1.29, 1.82) is 0 Å². The minimum Gasteiger partial charge on any atom is -0.324 e. The van der Waals surface area contributed by atoms with Crippen molar-refractivity contribution in [1.82, 2.24) is 14.8 Å². The molecule has 1 heterocycles. The summed E-state index contributed by atoms with van der Waals surface area (Å²) in [5.74, 6) is 0.717. The van der Waals surface area contributed by atoms with Gasteiger partial charge in [0.05, 0.1) is 16.5 Å². The van der Waals surface area contributed by atoms with E-state index in [9.17, 15) is 4.79 Å². The molecule has 0 aliphatic carbocycles. The van der Waals surface area contributed by atoms with Crippen LogP contribution in [0.3, 0.4) is 0 Å². The first kappa shape index (κ1) is 20.5. The molecule has 8 heteroatoms. The summed E-state index contributed by atoms with van der Waals surface area (Å²) in [6.45, 7) is 6.38. The molecule has 0 saturated carbocycles. The van der Waals surface area contributed by atoms with Crippen LogP contribution in [0.15, 0.2) is 60.3 Å². The van der Waals surface area contributed by atoms with Crippen LogP contribution in [0.2, 0.25) is 10.0 Å². The van der Waals surface area contributed by atoms with Crippen molar-refractivity contribution in [3.8, 4) is 11.4 Å². The van der Waals surface area contributed by atoms with Crippen LogP contribution >= 0.6 is 35.0 Å². The molecule has 1 N–H and O–H groups in total. The van der Waals surface area contributed by atoms with E-state index in [2.05, 4.69) is 22.1 Å². The zero-order chi connectivity index (χ0) is 20.1. The van der Waals surface area contributed by atoms with Crippen LogP contribution in [-0.2, 0) is 11.3 Å². The molecule has 0 atom stereocenters. The molecule has 0 aliphatic rings. The minimum absolute atomic E-state index is 0.169. The Kier molecular flexibility index (Phi) is 6.78. The van der Waals surface area contributed by atoms with Crippen molar-refractivity contribution in [2.45, 2.75) is 18.6 Å². The number of thioether (sulfide) groups is 1. The van der Waals surface area contributed by atoms with Gasteiger partial charge in [0.15, 0.2) is 11.0 Å². The number of carbonyl (C=O) groups excluding carboxylic acids is 1. The van der Waals surface area contributed by atoms with Gasteiger partial charge in [0.1, 0.15) is 0 Å². The number of hydrogen-bond donors (Lipinski definition) is 1. The molecule has 0 spiro atoms. The molecule has 28 heavy (non-hydrogen) atoms. The third kappa shape index (κ3) is 4.95. The summed E-state index contributed by atoms with van der Waals surface area (Å²) in [4.78, 5) is 12.3. The van der Waals surface area contributed by atoms with Crippen molar-refractivity contribution < 1.29 is 4.79 Å². The number of hydrogen-bond acceptors (Lipinski definition) is 4. The van der Waals surface area contributed by atoms with E-state index in [1.54, 1.807) is 24.3 Å². The molecule has 0 unspecified atom stereocenters. The molecule has 5 nitrogen and oxygen atoms in total. The SMILES string of the molecule is C=CCn1c(SCC(=O)Nc2ccc(Cl)cc2Cl)nnc1-c1cccc(C)c1. The monoisotopic (exact) mass is 432 g/mol. The van der Waals surface area contributed by atoms with Gasteiger partial charge in [0.25, 0.3) is 0 Å². The smallest absolute Gasteiger partial charge is 0.234 e. The Morgan fingerprint density at radius 1 is 1.25 bits per heavy atom. The molecule has 144 valence electrons. The van der Waals surface area contributed by atoms with Crippen molar-refractivity contribution >= 4 is 46.6 Å². The number of amides is 1. The van der Waals surface area contributed by atoms with Gasteiger partial charge in [0.2, 0.25) is 5.91 Å². The Labute approximate surface area is 177 Å². The number of halogens is 2. The van der Waals surface area contributed by atoms with E-state index in [0.717, 1.165) is 17.0 Å². The molecule has 0 aliphatic heterocycles. The fourth-order valence-electron chi connectivity index (χ4n) is 2.59. The summed E-state index contributed by atoms with van der Waals surface area (Å²) in [5, 5.41) is 12.9. The fourth-order valence-corrected chi connectivity index (χ4v) is 3.80. The Bertz CT molecular complexity index is 1020. The normalized spacial score (nSPS) is 10.7. The first-order chi connectivity index (χ1) is 13.5. The van der Waals surface area contributed by atoms with Crippen LogP contribution in [0.1, 0.15) is 5.56 Å². The highest BCUT2D eigenvalue weighted by molar-refractivity contribution is 7.99. The quantitative estimate of drug-likeness (QED) is 0.396. The lowest BCUT2D eigenvalue weighted by Crippen LogP contribution is -2.15. The lowest BCUT2D eigenvalue weighted by Gasteiger charge is -2.09. The average Bonchev–Trinajstić information content (AvgIpc) is 3.05. The van der Waals surface area contributed by atoms with E-state index in [0.29, 0.717) is 27.4 Å². The van der Waals surface area contributed by atoms with E-state index in [1.807, 2.05) is 35.8 Å². The Hall–Kier alpha value is -2.28. The van der Waals surface area contributed by atoms with E-state index in [4.69, 9.17) is 23.2 Å². The average molecular weight is 433 g/mol. The number of benzene rings is 2. The van der Waals surface area contributed by atoms with Crippen molar-refractivity contribution in [3.63, 3.8) is 0 Å². The molecule has 3 aromatic rings. The van der Waals surface area contributed by atoms with Gasteiger partial charge < -0.3 is 5.32 Å². The molecule has 3 rings (SSSR count). The van der Waals surface area contributed by atoms with Crippen LogP contribution in [-0.4, -0.2) is 26.4 Å². The Balaban J connectivity index is 1.73. The number of nitrogens with zero attached hydrogens (tertiary/aromatic N) is 3. The lowest BCUT2D eigenvalue weighted by atomic mass is 10.1. The zero-order valence-corrected chi connectivity index (χ0v) is 17.5. The van der Waals surface area contributed by atoms with Gasteiger partial charge in [-0.25, -0.2) is 0 Å². The minimum atomic E-state index is -0.195. The maximum absolute atomic E-state index is 12.3. The second-order valence-electron chi connectivity index (χ2n) is 6.04. The standard InChI is InChI=1S/C20H18Cl2N4OS/c1-3-9-26-19(14-6-4-5-13(2)10-14)24-25-20(26)28-12-18(27)23-17-8-7-15(21)11-16(17)22/h3-8,10-11H,1,9,12H2,2H3,(H,23,27). The van der Waals surface area contributed by atoms with E-state index in [1.165, 1.54) is 11.8 Å². The summed E-state index contributed by atoms with van der Waals surface area (Å²) in [5.41, 5.74) is 2.63. The van der Waals surface area contributed by atoms with Gasteiger partial charge >= 0.3 is 0 Å². The van der Waals surface area contributed by atoms with Crippen molar-refractivity contribution in [3.05, 3.63) is 70.7 Å². The molecule has 2 aromatic carbocycles. The van der Waals surface area contributed by atoms with Gasteiger partial charge in [-0.3, -0.25) is 9.36 Å². The van der Waals surface area contributed by atoms with Gasteiger partial charge in [-0.2, -0.15) is 0 Å². The first-order valence-corrected chi connectivity index (χ1v) is 10.2. The summed E-state index contributed by atoms with van der Waals surface area (Å²) in [7, 11) is 0. The first-order valence-electron chi connectivity index (χ1n) is 8.46. The van der Waals surface area contributed by atoms with Gasteiger partial charge in [-0.15, -0.1) is 16.8 Å². The molecule has 0 saturated heterocycles. The molecular formula is C20H18Cl2N4OS. The third-order valence-electron chi connectivity index (χ3n) is 3.84. The zero-order valence-electron chi connectivity index (χ0n) is 15.2. The van der Waals surface area contributed by atoms with Gasteiger partial charge in [-0.1, -0.05) is 64.8 Å². The topological polar surface area (TPSA) is 59.8 Å². The number of carbonyl (C=O) groups is 1.